The summed E-state index contributed by atoms with van der Waals surface area (Å²) in [6.07, 6.45) is 3.19. The maximum absolute atomic E-state index is 13.3. The van der Waals surface area contributed by atoms with Crippen LogP contribution in [0.1, 0.15) is 57.4 Å². The van der Waals surface area contributed by atoms with Gasteiger partial charge in [-0.05, 0) is 56.9 Å². The van der Waals surface area contributed by atoms with E-state index < -0.39 is 11.6 Å². The van der Waals surface area contributed by atoms with Gasteiger partial charge in [0.2, 0.25) is 0 Å². The fourth-order valence-corrected chi connectivity index (χ4v) is 3.63. The number of nitrogens with one attached hydrogen (secondary N) is 1. The van der Waals surface area contributed by atoms with Gasteiger partial charge in [-0.3, -0.25) is 9.59 Å². The van der Waals surface area contributed by atoms with E-state index in [0.717, 1.165) is 11.6 Å². The van der Waals surface area contributed by atoms with Gasteiger partial charge in [-0.1, -0.05) is 17.7 Å². The number of hydrogen-bond acceptors (Lipinski definition) is 2. The van der Waals surface area contributed by atoms with E-state index >= 15 is 0 Å². The molecule has 0 spiro atoms. The standard InChI is InChI=1S/C21H22F2N2O2/c1-12-19(14(3)26)13(2)24-20(12)21(27)25-8-6-15(7-9-25)10-16-4-5-17(22)18(23)11-16/h4-5,10-11,24H,6-9H2,1-3H3. The molecule has 4 nitrogen and oxygen atoms in total. The Hall–Kier alpha value is -2.76. The number of rotatable bonds is 3. The number of carbonyl (C=O) groups is 2. The maximum Gasteiger partial charge on any atom is 0.270 e. The SMILES string of the molecule is CC(=O)c1c(C)[nH]c(C(=O)N2CCC(=Cc3ccc(F)c(F)c3)CC2)c1C. The van der Waals surface area contributed by atoms with Gasteiger partial charge in [-0.2, -0.15) is 0 Å². The Morgan fingerprint density at radius 1 is 1.11 bits per heavy atom. The molecule has 6 heteroatoms. The van der Waals surface area contributed by atoms with Crippen molar-refractivity contribution in [3.63, 3.8) is 0 Å². The third kappa shape index (κ3) is 3.84. The number of aromatic nitrogens is 1. The zero-order valence-electron chi connectivity index (χ0n) is 15.7. The number of likely N-dealkylation sites (tertiary alicyclic amines) is 1. The molecule has 1 N–H and O–H groups in total. The summed E-state index contributed by atoms with van der Waals surface area (Å²) in [5.41, 5.74) is 4.15. The Morgan fingerprint density at radius 3 is 2.33 bits per heavy atom. The van der Waals surface area contributed by atoms with Crippen LogP contribution in [-0.4, -0.2) is 34.7 Å². The van der Waals surface area contributed by atoms with E-state index in [2.05, 4.69) is 4.98 Å². The molecule has 1 saturated heterocycles. The van der Waals surface area contributed by atoms with E-state index in [1.165, 1.54) is 19.1 Å². The van der Waals surface area contributed by atoms with Crippen LogP contribution in [0.2, 0.25) is 0 Å². The quantitative estimate of drug-likeness (QED) is 0.811. The summed E-state index contributed by atoms with van der Waals surface area (Å²) in [5.74, 6) is -1.90. The van der Waals surface area contributed by atoms with Crippen LogP contribution in [-0.2, 0) is 0 Å². The molecule has 2 aromatic rings. The molecule has 1 aromatic carbocycles. The lowest BCUT2D eigenvalue weighted by Gasteiger charge is -2.28. The average Bonchev–Trinajstić information content (AvgIpc) is 2.92. The average molecular weight is 372 g/mol. The van der Waals surface area contributed by atoms with Gasteiger partial charge in [0.1, 0.15) is 5.69 Å². The highest BCUT2D eigenvalue weighted by Crippen LogP contribution is 2.24. The summed E-state index contributed by atoms with van der Waals surface area (Å²) >= 11 is 0. The number of aryl methyl sites for hydroxylation is 1. The minimum atomic E-state index is -0.865. The summed E-state index contributed by atoms with van der Waals surface area (Å²) in [7, 11) is 0. The van der Waals surface area contributed by atoms with Crippen LogP contribution in [0.15, 0.2) is 23.8 Å². The summed E-state index contributed by atoms with van der Waals surface area (Å²) in [6.45, 7) is 6.15. The van der Waals surface area contributed by atoms with Crippen molar-refractivity contribution in [2.75, 3.05) is 13.1 Å². The Balaban J connectivity index is 1.71. The number of piperidine rings is 1. The molecule has 0 unspecified atom stereocenters. The molecule has 2 heterocycles. The molecule has 3 rings (SSSR count). The summed E-state index contributed by atoms with van der Waals surface area (Å²) in [5, 5.41) is 0. The van der Waals surface area contributed by atoms with Crippen LogP contribution >= 0.6 is 0 Å². The molecule has 1 aliphatic rings. The molecule has 0 radical (unpaired) electrons. The predicted molar refractivity (Wildman–Crippen MR) is 99.7 cm³/mol. The van der Waals surface area contributed by atoms with Crippen LogP contribution in [0.3, 0.4) is 0 Å². The van der Waals surface area contributed by atoms with Crippen molar-refractivity contribution in [1.82, 2.24) is 9.88 Å². The number of H-pyrrole nitrogens is 1. The van der Waals surface area contributed by atoms with Crippen molar-refractivity contribution in [3.8, 4) is 0 Å². The zero-order chi connectivity index (χ0) is 19.7. The van der Waals surface area contributed by atoms with E-state index in [4.69, 9.17) is 0 Å². The number of hydrogen-bond donors (Lipinski definition) is 1. The lowest BCUT2D eigenvalue weighted by Crippen LogP contribution is -2.36. The van der Waals surface area contributed by atoms with Gasteiger partial charge in [0.25, 0.3) is 5.91 Å². The molecule has 1 aliphatic heterocycles. The lowest BCUT2D eigenvalue weighted by atomic mass is 10.00. The molecular formula is C21H22F2N2O2. The van der Waals surface area contributed by atoms with Gasteiger partial charge in [-0.25, -0.2) is 8.78 Å². The number of carbonyl (C=O) groups excluding carboxylic acids is 2. The molecule has 1 fully saturated rings. The Morgan fingerprint density at radius 2 is 1.78 bits per heavy atom. The number of ketones is 1. The van der Waals surface area contributed by atoms with E-state index in [1.807, 2.05) is 6.08 Å². The zero-order valence-corrected chi connectivity index (χ0v) is 15.7. The van der Waals surface area contributed by atoms with Crippen molar-refractivity contribution in [2.45, 2.75) is 33.6 Å². The fraction of sp³-hybridized carbons (Fsp3) is 0.333. The first-order chi connectivity index (χ1) is 12.8. The number of benzene rings is 1. The highest BCUT2D eigenvalue weighted by atomic mass is 19.2. The predicted octanol–water partition coefficient (Wildman–Crippen LogP) is 4.43. The third-order valence-electron chi connectivity index (χ3n) is 5.01. The molecule has 0 bridgehead atoms. The second-order valence-corrected chi connectivity index (χ2v) is 6.95. The van der Waals surface area contributed by atoms with E-state index in [9.17, 15) is 18.4 Å². The normalized spacial score (nSPS) is 14.4. The maximum atomic E-state index is 13.3. The van der Waals surface area contributed by atoms with E-state index in [1.54, 1.807) is 18.7 Å². The third-order valence-corrected chi connectivity index (χ3v) is 5.01. The Kier molecular flexibility index (Phi) is 5.26. The molecule has 1 aromatic heterocycles. The fourth-order valence-electron chi connectivity index (χ4n) is 3.63. The molecule has 0 atom stereocenters. The monoisotopic (exact) mass is 372 g/mol. The Labute approximate surface area is 156 Å². The number of aromatic amines is 1. The summed E-state index contributed by atoms with van der Waals surface area (Å²) < 4.78 is 26.4. The van der Waals surface area contributed by atoms with Gasteiger partial charge in [0.15, 0.2) is 17.4 Å². The summed E-state index contributed by atoms with van der Waals surface area (Å²) in [6, 6.07) is 3.83. The van der Waals surface area contributed by atoms with Crippen LogP contribution < -0.4 is 0 Å². The number of halogens is 2. The van der Waals surface area contributed by atoms with Crippen molar-refractivity contribution in [3.05, 3.63) is 63.5 Å². The molecule has 0 saturated carbocycles. The molecule has 27 heavy (non-hydrogen) atoms. The number of amides is 1. The first-order valence-electron chi connectivity index (χ1n) is 8.91. The van der Waals surface area contributed by atoms with Crippen molar-refractivity contribution in [2.24, 2.45) is 0 Å². The number of Topliss-reactive ketones (excluding diaryl/α,β-unsaturated/α-hetero) is 1. The highest BCUT2D eigenvalue weighted by Gasteiger charge is 2.25. The van der Waals surface area contributed by atoms with Crippen molar-refractivity contribution >= 4 is 17.8 Å². The first-order valence-corrected chi connectivity index (χ1v) is 8.91. The summed E-state index contributed by atoms with van der Waals surface area (Å²) in [4.78, 5) is 29.4. The molecule has 0 aliphatic carbocycles. The minimum absolute atomic E-state index is 0.0595. The van der Waals surface area contributed by atoms with E-state index in [0.29, 0.717) is 54.0 Å². The van der Waals surface area contributed by atoms with Gasteiger partial charge in [0, 0.05) is 24.3 Å². The van der Waals surface area contributed by atoms with Crippen LogP contribution in [0.4, 0.5) is 8.78 Å². The van der Waals surface area contributed by atoms with Crippen LogP contribution in [0, 0.1) is 25.5 Å². The van der Waals surface area contributed by atoms with Gasteiger partial charge >= 0.3 is 0 Å². The first kappa shape index (κ1) is 19.0. The van der Waals surface area contributed by atoms with Crippen molar-refractivity contribution < 1.29 is 18.4 Å². The van der Waals surface area contributed by atoms with Crippen LogP contribution in [0.5, 0.6) is 0 Å². The second-order valence-electron chi connectivity index (χ2n) is 6.95. The minimum Gasteiger partial charge on any atom is -0.354 e. The molecule has 142 valence electrons. The molecule has 1 amide bonds. The van der Waals surface area contributed by atoms with Crippen LogP contribution in [0.25, 0.3) is 6.08 Å². The molecular weight excluding hydrogens is 350 g/mol. The van der Waals surface area contributed by atoms with Gasteiger partial charge in [-0.15, -0.1) is 0 Å². The van der Waals surface area contributed by atoms with Crippen molar-refractivity contribution in [1.29, 1.82) is 0 Å². The Bertz CT molecular complexity index is 934. The largest absolute Gasteiger partial charge is 0.354 e. The highest BCUT2D eigenvalue weighted by molar-refractivity contribution is 6.02. The topological polar surface area (TPSA) is 53.2 Å². The van der Waals surface area contributed by atoms with Gasteiger partial charge in [0.05, 0.1) is 0 Å². The van der Waals surface area contributed by atoms with E-state index in [-0.39, 0.29) is 11.7 Å². The number of nitrogens with zero attached hydrogens (tertiary/aromatic N) is 1. The van der Waals surface area contributed by atoms with Gasteiger partial charge < -0.3 is 9.88 Å². The lowest BCUT2D eigenvalue weighted by molar-refractivity contribution is 0.0738. The smallest absolute Gasteiger partial charge is 0.270 e. The second kappa shape index (κ2) is 7.47.